The quantitative estimate of drug-likeness (QED) is 0.819. The van der Waals surface area contributed by atoms with E-state index < -0.39 is 24.4 Å². The van der Waals surface area contributed by atoms with Gasteiger partial charge in [0.25, 0.3) is 0 Å². The van der Waals surface area contributed by atoms with Gasteiger partial charge in [-0.25, -0.2) is 4.79 Å². The number of carbonyl (C=O) groups excluding carboxylic acids is 1. The van der Waals surface area contributed by atoms with Crippen molar-refractivity contribution in [2.24, 2.45) is 5.73 Å². The van der Waals surface area contributed by atoms with Crippen LogP contribution in [0.2, 0.25) is 0 Å². The molecule has 2 N–H and O–H groups in total. The van der Waals surface area contributed by atoms with Crippen LogP contribution in [0.25, 0.3) is 10.9 Å². The summed E-state index contributed by atoms with van der Waals surface area (Å²) in [7, 11) is -0.463. The Labute approximate surface area is 143 Å². The van der Waals surface area contributed by atoms with E-state index >= 15 is 0 Å². The number of aryl methyl sites for hydroxylation is 2. The van der Waals surface area contributed by atoms with Crippen LogP contribution < -0.4 is 11.2 Å². The molecule has 5 nitrogen and oxygen atoms in total. The Balaban J connectivity index is 2.19. The molecule has 0 unspecified atom stereocenters. The third-order valence-corrected chi connectivity index (χ3v) is 5.58. The Morgan fingerprint density at radius 3 is 2.12 bits per heavy atom. The first-order chi connectivity index (χ1) is 11.0. The Kier molecular flexibility index (Phi) is 3.63. The molecular weight excluding hydrogens is 303 g/mol. The average Bonchev–Trinajstić information content (AvgIpc) is 2.81. The number of amides is 1. The van der Waals surface area contributed by atoms with Gasteiger partial charge in [-0.2, -0.15) is 0 Å². The normalized spacial score (nSPS) is 19.2. The van der Waals surface area contributed by atoms with Crippen molar-refractivity contribution in [3.8, 4) is 0 Å². The zero-order chi connectivity index (χ0) is 18.0. The first-order valence-corrected chi connectivity index (χ1v) is 8.24. The van der Waals surface area contributed by atoms with Crippen LogP contribution in [-0.2, 0) is 9.31 Å². The van der Waals surface area contributed by atoms with Crippen molar-refractivity contribution < 1.29 is 14.1 Å². The van der Waals surface area contributed by atoms with Gasteiger partial charge in [-0.15, -0.1) is 0 Å². The molecule has 0 bridgehead atoms. The van der Waals surface area contributed by atoms with Gasteiger partial charge >= 0.3 is 13.1 Å². The third-order valence-electron chi connectivity index (χ3n) is 5.58. The van der Waals surface area contributed by atoms with E-state index in [0.717, 1.165) is 33.2 Å². The second-order valence-electron chi connectivity index (χ2n) is 7.70. The third kappa shape index (κ3) is 2.28. The summed E-state index contributed by atoms with van der Waals surface area (Å²) >= 11 is 0. The molecule has 24 heavy (non-hydrogen) atoms. The molecule has 1 aliphatic heterocycles. The highest BCUT2D eigenvalue weighted by Crippen LogP contribution is 2.37. The van der Waals surface area contributed by atoms with Crippen LogP contribution in [0.1, 0.15) is 44.5 Å². The first-order valence-electron chi connectivity index (χ1n) is 8.24. The summed E-state index contributed by atoms with van der Waals surface area (Å²) in [5, 5.41) is 1.06. The summed E-state index contributed by atoms with van der Waals surface area (Å²) in [5.74, 6) is 0. The van der Waals surface area contributed by atoms with Crippen molar-refractivity contribution in [1.82, 2.24) is 4.57 Å². The predicted octanol–water partition coefficient (Wildman–Crippen LogP) is 2.79. The van der Waals surface area contributed by atoms with Crippen LogP contribution in [0.4, 0.5) is 4.79 Å². The number of fused-ring (bicyclic) bond motifs is 1. The van der Waals surface area contributed by atoms with Crippen molar-refractivity contribution >= 4 is 29.5 Å². The molecule has 1 aromatic heterocycles. The van der Waals surface area contributed by atoms with Crippen molar-refractivity contribution in [2.45, 2.75) is 59.7 Å². The lowest BCUT2D eigenvalue weighted by Crippen LogP contribution is -2.41. The topological polar surface area (TPSA) is 66.5 Å². The summed E-state index contributed by atoms with van der Waals surface area (Å²) in [6.45, 7) is 14.1. The van der Waals surface area contributed by atoms with E-state index in [4.69, 9.17) is 15.0 Å². The van der Waals surface area contributed by atoms with E-state index in [1.165, 1.54) is 0 Å². The fourth-order valence-corrected chi connectivity index (χ4v) is 3.39. The van der Waals surface area contributed by atoms with E-state index in [1.807, 2.05) is 54.5 Å². The van der Waals surface area contributed by atoms with Crippen LogP contribution in [0.3, 0.4) is 0 Å². The highest BCUT2D eigenvalue weighted by Gasteiger charge is 2.51. The number of benzene rings is 1. The minimum absolute atomic E-state index is 0.405. The maximum Gasteiger partial charge on any atom is 0.494 e. The zero-order valence-corrected chi connectivity index (χ0v) is 15.5. The lowest BCUT2D eigenvalue weighted by molar-refractivity contribution is 0.00578. The van der Waals surface area contributed by atoms with Crippen molar-refractivity contribution in [1.29, 1.82) is 0 Å². The highest BCUT2D eigenvalue weighted by molar-refractivity contribution is 6.62. The fraction of sp³-hybridized carbons (Fsp3) is 0.500. The van der Waals surface area contributed by atoms with Crippen LogP contribution in [0.15, 0.2) is 12.1 Å². The number of nitrogens with zero attached hydrogens (tertiary/aromatic N) is 1. The average molecular weight is 328 g/mol. The molecule has 2 heterocycles. The maximum absolute atomic E-state index is 11.9. The van der Waals surface area contributed by atoms with Gasteiger partial charge in [-0.1, -0.05) is 6.07 Å². The van der Waals surface area contributed by atoms with Gasteiger partial charge in [-0.3, -0.25) is 4.57 Å². The second-order valence-corrected chi connectivity index (χ2v) is 7.70. The molecule has 6 heteroatoms. The predicted molar refractivity (Wildman–Crippen MR) is 96.8 cm³/mol. The van der Waals surface area contributed by atoms with Crippen molar-refractivity contribution in [2.75, 3.05) is 0 Å². The summed E-state index contributed by atoms with van der Waals surface area (Å²) in [5.41, 5.74) is 9.51. The number of carbonyl (C=O) groups is 1. The van der Waals surface area contributed by atoms with Crippen LogP contribution in [0, 0.1) is 20.8 Å². The van der Waals surface area contributed by atoms with Crippen molar-refractivity contribution in [3.63, 3.8) is 0 Å². The number of primary amides is 1. The van der Waals surface area contributed by atoms with E-state index in [0.29, 0.717) is 0 Å². The molecule has 0 radical (unpaired) electrons. The first kappa shape index (κ1) is 17.1. The van der Waals surface area contributed by atoms with Gasteiger partial charge in [-0.05, 0) is 71.1 Å². The van der Waals surface area contributed by atoms with Gasteiger partial charge in [0, 0.05) is 11.1 Å². The lowest BCUT2D eigenvalue weighted by Gasteiger charge is -2.32. The number of hydrogen-bond acceptors (Lipinski definition) is 3. The van der Waals surface area contributed by atoms with E-state index in [-0.39, 0.29) is 0 Å². The standard InChI is InChI=1S/C18H25BN2O3/c1-10-8-13(19-23-17(4,5)18(6,7)24-19)9-14-15(10)11(2)12(3)21(14)16(20)22/h8-9H,1-7H3,(H2,20,22). The monoisotopic (exact) mass is 328 g/mol. The molecule has 1 fully saturated rings. The molecule has 128 valence electrons. The molecular formula is C18H25BN2O3. The molecule has 1 saturated heterocycles. The molecule has 0 spiro atoms. The maximum atomic E-state index is 11.9. The summed E-state index contributed by atoms with van der Waals surface area (Å²) in [6, 6.07) is 3.55. The SMILES string of the molecule is Cc1cc(B2OC(C)(C)C(C)(C)O2)cc2c1c(C)c(C)n2C(N)=O. The minimum atomic E-state index is -0.476. The van der Waals surface area contributed by atoms with Gasteiger partial charge < -0.3 is 15.0 Å². The Bertz CT molecular complexity index is 836. The zero-order valence-electron chi connectivity index (χ0n) is 15.5. The molecule has 2 aromatic rings. The van der Waals surface area contributed by atoms with E-state index in [1.54, 1.807) is 4.57 Å². The van der Waals surface area contributed by atoms with Crippen LogP contribution >= 0.6 is 0 Å². The van der Waals surface area contributed by atoms with Gasteiger partial charge in [0.2, 0.25) is 0 Å². The van der Waals surface area contributed by atoms with Gasteiger partial charge in [0.15, 0.2) is 0 Å². The number of nitrogens with two attached hydrogens (primary N) is 1. The molecule has 0 saturated carbocycles. The van der Waals surface area contributed by atoms with Crippen molar-refractivity contribution in [3.05, 3.63) is 29.0 Å². The Morgan fingerprint density at radius 2 is 1.62 bits per heavy atom. The number of hydrogen-bond donors (Lipinski definition) is 1. The van der Waals surface area contributed by atoms with E-state index in [9.17, 15) is 4.79 Å². The van der Waals surface area contributed by atoms with Gasteiger partial charge in [0.1, 0.15) is 0 Å². The minimum Gasteiger partial charge on any atom is -0.399 e. The molecule has 3 rings (SSSR count). The molecule has 1 amide bonds. The smallest absolute Gasteiger partial charge is 0.399 e. The summed E-state index contributed by atoms with van der Waals surface area (Å²) in [6.07, 6.45) is 0. The molecule has 1 aromatic carbocycles. The van der Waals surface area contributed by atoms with E-state index in [2.05, 4.69) is 6.07 Å². The fourth-order valence-electron chi connectivity index (χ4n) is 3.39. The number of aromatic nitrogens is 1. The number of rotatable bonds is 1. The Hall–Kier alpha value is -1.79. The van der Waals surface area contributed by atoms with Gasteiger partial charge in [0.05, 0.1) is 16.7 Å². The highest BCUT2D eigenvalue weighted by atomic mass is 16.7. The molecule has 0 atom stereocenters. The Morgan fingerprint density at radius 1 is 1.08 bits per heavy atom. The van der Waals surface area contributed by atoms with Crippen LogP contribution in [0.5, 0.6) is 0 Å². The molecule has 0 aliphatic carbocycles. The molecule has 1 aliphatic rings. The summed E-state index contributed by atoms with van der Waals surface area (Å²) in [4.78, 5) is 11.9. The largest absolute Gasteiger partial charge is 0.494 e. The van der Waals surface area contributed by atoms with Crippen LogP contribution in [-0.4, -0.2) is 28.9 Å². The lowest BCUT2D eigenvalue weighted by atomic mass is 9.77. The summed E-state index contributed by atoms with van der Waals surface area (Å²) < 4.78 is 13.8. The second kappa shape index (κ2) is 5.10.